The first-order valence-corrected chi connectivity index (χ1v) is 6.21. The number of hydrogen-bond donors (Lipinski definition) is 2. The molecule has 2 heterocycles. The molecule has 0 saturated carbocycles. The summed E-state index contributed by atoms with van der Waals surface area (Å²) in [5.41, 5.74) is 2.10. The molecule has 0 radical (unpaired) electrons. The van der Waals surface area contributed by atoms with Crippen LogP contribution in [0, 0.1) is 0 Å². The molecule has 1 aromatic rings. The second-order valence-corrected chi connectivity index (χ2v) is 4.62. The van der Waals surface area contributed by atoms with Gasteiger partial charge >= 0.3 is 0 Å². The maximum Gasteiger partial charge on any atom is 0.246 e. The minimum atomic E-state index is -0.0916. The highest BCUT2D eigenvalue weighted by Gasteiger charge is 2.34. The lowest BCUT2D eigenvalue weighted by Crippen LogP contribution is -2.35. The van der Waals surface area contributed by atoms with E-state index in [-0.39, 0.29) is 11.9 Å². The third kappa shape index (κ3) is 1.94. The van der Waals surface area contributed by atoms with Crippen LogP contribution in [0.25, 0.3) is 0 Å². The van der Waals surface area contributed by atoms with E-state index in [1.165, 1.54) is 0 Å². The zero-order valence-corrected chi connectivity index (χ0v) is 9.78. The van der Waals surface area contributed by atoms with Crippen LogP contribution in [0.1, 0.15) is 18.0 Å². The van der Waals surface area contributed by atoms with Crippen LogP contribution in [0.4, 0.5) is 5.69 Å². The lowest BCUT2D eigenvalue weighted by Gasteiger charge is -2.25. The Morgan fingerprint density at radius 1 is 1.18 bits per heavy atom. The molecular weight excluding hydrogens is 214 g/mol. The Balaban J connectivity index is 1.89. The van der Waals surface area contributed by atoms with E-state index in [2.05, 4.69) is 21.6 Å². The maximum absolute atomic E-state index is 12.1. The van der Waals surface area contributed by atoms with Crippen molar-refractivity contribution in [1.82, 2.24) is 10.2 Å². The van der Waals surface area contributed by atoms with E-state index in [9.17, 15) is 4.79 Å². The molecule has 4 nitrogen and oxygen atoms in total. The summed E-state index contributed by atoms with van der Waals surface area (Å²) in [5, 5.41) is 6.33. The fraction of sp³-hybridized carbons (Fsp3) is 0.462. The highest BCUT2D eigenvalue weighted by molar-refractivity contribution is 6.02. The Labute approximate surface area is 101 Å². The zero-order valence-electron chi connectivity index (χ0n) is 9.78. The lowest BCUT2D eigenvalue weighted by atomic mass is 10.1. The molecular formula is C13H17N3O. The van der Waals surface area contributed by atoms with Gasteiger partial charge in [0.15, 0.2) is 0 Å². The van der Waals surface area contributed by atoms with Gasteiger partial charge in [0.1, 0.15) is 6.04 Å². The molecule has 3 rings (SSSR count). The first kappa shape index (κ1) is 10.7. The van der Waals surface area contributed by atoms with Crippen molar-refractivity contribution in [2.45, 2.75) is 12.5 Å². The van der Waals surface area contributed by atoms with Crippen LogP contribution in [0.15, 0.2) is 24.3 Å². The molecule has 2 aliphatic heterocycles. The Bertz CT molecular complexity index is 424. The standard InChI is InChI=1S/C13H17N3O/c17-13-12(16-8-3-6-14-7-9-16)10-4-1-2-5-11(10)15-13/h1-2,4-5,12,14H,3,6-9H2,(H,15,17). The summed E-state index contributed by atoms with van der Waals surface area (Å²) < 4.78 is 0. The van der Waals surface area contributed by atoms with E-state index < -0.39 is 0 Å². The summed E-state index contributed by atoms with van der Waals surface area (Å²) in [7, 11) is 0. The number of nitrogens with zero attached hydrogens (tertiary/aromatic N) is 1. The highest BCUT2D eigenvalue weighted by Crippen LogP contribution is 2.34. The zero-order chi connectivity index (χ0) is 11.7. The van der Waals surface area contributed by atoms with Gasteiger partial charge in [0.25, 0.3) is 0 Å². The van der Waals surface area contributed by atoms with Crippen LogP contribution in [-0.4, -0.2) is 37.0 Å². The van der Waals surface area contributed by atoms with Gasteiger partial charge in [0, 0.05) is 30.9 Å². The fourth-order valence-corrected chi connectivity index (χ4v) is 2.68. The Morgan fingerprint density at radius 3 is 3.00 bits per heavy atom. The van der Waals surface area contributed by atoms with Gasteiger partial charge in [-0.05, 0) is 19.0 Å². The molecule has 2 N–H and O–H groups in total. The van der Waals surface area contributed by atoms with Crippen LogP contribution in [0.3, 0.4) is 0 Å². The number of fused-ring (bicyclic) bond motifs is 1. The van der Waals surface area contributed by atoms with E-state index in [0.717, 1.165) is 43.9 Å². The molecule has 0 aromatic heterocycles. The van der Waals surface area contributed by atoms with E-state index in [1.807, 2.05) is 18.2 Å². The maximum atomic E-state index is 12.1. The molecule has 1 unspecified atom stereocenters. The van der Waals surface area contributed by atoms with Gasteiger partial charge in [0.2, 0.25) is 5.91 Å². The summed E-state index contributed by atoms with van der Waals surface area (Å²) in [5.74, 6) is 0.119. The van der Waals surface area contributed by atoms with Crippen LogP contribution in [-0.2, 0) is 4.79 Å². The number of para-hydroxylation sites is 1. The molecule has 1 saturated heterocycles. The average molecular weight is 231 g/mol. The highest BCUT2D eigenvalue weighted by atomic mass is 16.2. The van der Waals surface area contributed by atoms with Crippen LogP contribution in [0.5, 0.6) is 0 Å². The number of carbonyl (C=O) groups is 1. The molecule has 0 bridgehead atoms. The third-order valence-corrected chi connectivity index (χ3v) is 3.50. The smallest absolute Gasteiger partial charge is 0.246 e. The Kier molecular flexibility index (Phi) is 2.82. The van der Waals surface area contributed by atoms with Crippen molar-refractivity contribution >= 4 is 11.6 Å². The third-order valence-electron chi connectivity index (χ3n) is 3.50. The number of benzene rings is 1. The topological polar surface area (TPSA) is 44.4 Å². The van der Waals surface area contributed by atoms with Crippen molar-refractivity contribution < 1.29 is 4.79 Å². The van der Waals surface area contributed by atoms with Crippen LogP contribution < -0.4 is 10.6 Å². The predicted octanol–water partition coefficient (Wildman–Crippen LogP) is 0.975. The summed E-state index contributed by atoms with van der Waals surface area (Å²) in [4.78, 5) is 14.3. The average Bonchev–Trinajstić information content (AvgIpc) is 2.53. The van der Waals surface area contributed by atoms with E-state index in [1.54, 1.807) is 0 Å². The van der Waals surface area contributed by atoms with Crippen LogP contribution in [0.2, 0.25) is 0 Å². The monoisotopic (exact) mass is 231 g/mol. The van der Waals surface area contributed by atoms with Gasteiger partial charge in [-0.25, -0.2) is 0 Å². The molecule has 17 heavy (non-hydrogen) atoms. The van der Waals surface area contributed by atoms with Crippen molar-refractivity contribution in [3.05, 3.63) is 29.8 Å². The predicted molar refractivity (Wildman–Crippen MR) is 66.9 cm³/mol. The van der Waals surface area contributed by atoms with Gasteiger partial charge in [0.05, 0.1) is 0 Å². The second kappa shape index (κ2) is 4.47. The summed E-state index contributed by atoms with van der Waals surface area (Å²) >= 11 is 0. The quantitative estimate of drug-likeness (QED) is 0.757. The van der Waals surface area contributed by atoms with Crippen molar-refractivity contribution in [2.75, 3.05) is 31.5 Å². The SMILES string of the molecule is O=C1Nc2ccccc2C1N1CCCNCC1. The van der Waals surface area contributed by atoms with Crippen LogP contribution >= 0.6 is 0 Å². The Morgan fingerprint density at radius 2 is 2.06 bits per heavy atom. The number of rotatable bonds is 1. The van der Waals surface area contributed by atoms with Crippen molar-refractivity contribution in [1.29, 1.82) is 0 Å². The summed E-state index contributed by atoms with van der Waals surface area (Å²) in [6.07, 6.45) is 1.10. The summed E-state index contributed by atoms with van der Waals surface area (Å²) in [6.45, 7) is 3.93. The first-order chi connectivity index (χ1) is 8.36. The molecule has 1 amide bonds. The van der Waals surface area contributed by atoms with Gasteiger partial charge in [-0.2, -0.15) is 0 Å². The van der Waals surface area contributed by atoms with Gasteiger partial charge in [-0.15, -0.1) is 0 Å². The number of anilines is 1. The van der Waals surface area contributed by atoms with Crippen molar-refractivity contribution in [2.24, 2.45) is 0 Å². The molecule has 1 atom stereocenters. The fourth-order valence-electron chi connectivity index (χ4n) is 2.68. The minimum absolute atomic E-state index is 0.0916. The molecule has 0 spiro atoms. The number of nitrogens with one attached hydrogen (secondary N) is 2. The molecule has 2 aliphatic rings. The number of carbonyl (C=O) groups excluding carboxylic acids is 1. The summed E-state index contributed by atoms with van der Waals surface area (Å²) in [6, 6.07) is 7.90. The first-order valence-electron chi connectivity index (χ1n) is 6.21. The second-order valence-electron chi connectivity index (χ2n) is 4.62. The normalized spacial score (nSPS) is 25.2. The lowest BCUT2D eigenvalue weighted by molar-refractivity contribution is -0.120. The molecule has 0 aliphatic carbocycles. The molecule has 4 heteroatoms. The largest absolute Gasteiger partial charge is 0.324 e. The van der Waals surface area contributed by atoms with E-state index in [4.69, 9.17) is 0 Å². The van der Waals surface area contributed by atoms with E-state index >= 15 is 0 Å². The molecule has 1 aromatic carbocycles. The minimum Gasteiger partial charge on any atom is -0.324 e. The van der Waals surface area contributed by atoms with Crippen molar-refractivity contribution in [3.8, 4) is 0 Å². The number of amides is 1. The molecule has 90 valence electrons. The van der Waals surface area contributed by atoms with Gasteiger partial charge in [-0.1, -0.05) is 18.2 Å². The Hall–Kier alpha value is -1.39. The van der Waals surface area contributed by atoms with Gasteiger partial charge in [-0.3, -0.25) is 9.69 Å². The van der Waals surface area contributed by atoms with Crippen molar-refractivity contribution in [3.63, 3.8) is 0 Å². The van der Waals surface area contributed by atoms with Gasteiger partial charge < -0.3 is 10.6 Å². The molecule has 1 fully saturated rings. The number of hydrogen-bond acceptors (Lipinski definition) is 3. The van der Waals surface area contributed by atoms with E-state index in [0.29, 0.717) is 0 Å².